The predicted octanol–water partition coefficient (Wildman–Crippen LogP) is 0.647. The molecule has 3 heteroatoms. The van der Waals surface area contributed by atoms with Crippen LogP contribution in [0.1, 0.15) is 6.92 Å². The highest BCUT2D eigenvalue weighted by molar-refractivity contribution is 7.99. The normalized spacial score (nSPS) is 17.6. The molecule has 2 atom stereocenters. The van der Waals surface area contributed by atoms with E-state index < -0.39 is 0 Å². The van der Waals surface area contributed by atoms with Gasteiger partial charge >= 0.3 is 0 Å². The minimum absolute atomic E-state index is 0.0454. The molecule has 0 heterocycles. The highest BCUT2D eigenvalue weighted by atomic mass is 32.2. The average molecular weight is 162 g/mol. The zero-order valence-electron chi connectivity index (χ0n) is 6.32. The van der Waals surface area contributed by atoms with E-state index in [1.165, 1.54) is 0 Å². The van der Waals surface area contributed by atoms with Crippen molar-refractivity contribution in [3.05, 3.63) is 12.2 Å². The molecule has 0 saturated heterocycles. The number of aliphatic hydroxyl groups excluding tert-OH is 2. The van der Waals surface area contributed by atoms with E-state index >= 15 is 0 Å². The molecule has 0 amide bonds. The van der Waals surface area contributed by atoms with Crippen LogP contribution >= 0.6 is 11.8 Å². The molecule has 2 N–H and O–H groups in total. The van der Waals surface area contributed by atoms with Crippen LogP contribution in [0.25, 0.3) is 0 Å². The molecule has 0 unspecified atom stereocenters. The maximum Gasteiger partial charge on any atom is 0.0665 e. The fraction of sp³-hybridized carbons (Fsp3) is 0.714. The van der Waals surface area contributed by atoms with Gasteiger partial charge in [0.2, 0.25) is 0 Å². The van der Waals surface area contributed by atoms with Gasteiger partial charge < -0.3 is 10.2 Å². The third-order valence-corrected chi connectivity index (χ3v) is 2.27. The summed E-state index contributed by atoms with van der Waals surface area (Å²) in [6.45, 7) is 1.78. The molecule has 0 aliphatic carbocycles. The van der Waals surface area contributed by atoms with Gasteiger partial charge in [-0.15, -0.1) is 0 Å². The third kappa shape index (κ3) is 3.93. The van der Waals surface area contributed by atoms with E-state index in [9.17, 15) is 0 Å². The fourth-order valence-electron chi connectivity index (χ4n) is 0.631. The molecule has 0 aliphatic heterocycles. The highest BCUT2D eigenvalue weighted by Crippen LogP contribution is 2.11. The Morgan fingerprint density at radius 1 is 1.60 bits per heavy atom. The monoisotopic (exact) mass is 162 g/mol. The van der Waals surface area contributed by atoms with Crippen LogP contribution in [0.4, 0.5) is 0 Å². The maximum atomic E-state index is 9.09. The zero-order valence-corrected chi connectivity index (χ0v) is 7.14. The lowest BCUT2D eigenvalue weighted by atomic mass is 10.2. The van der Waals surface area contributed by atoms with Crippen molar-refractivity contribution in [1.29, 1.82) is 0 Å². The van der Waals surface area contributed by atoms with Gasteiger partial charge in [0.15, 0.2) is 0 Å². The fourth-order valence-corrected chi connectivity index (χ4v) is 1.29. The van der Waals surface area contributed by atoms with E-state index in [0.29, 0.717) is 0 Å². The molecule has 0 radical (unpaired) electrons. The Balaban J connectivity index is 3.71. The lowest BCUT2D eigenvalue weighted by molar-refractivity contribution is 0.203. The van der Waals surface area contributed by atoms with Gasteiger partial charge in [0.05, 0.1) is 12.7 Å². The molecule has 0 aliphatic rings. The van der Waals surface area contributed by atoms with Crippen LogP contribution in [0.3, 0.4) is 0 Å². The van der Waals surface area contributed by atoms with Gasteiger partial charge in [-0.3, -0.25) is 0 Å². The Morgan fingerprint density at radius 3 is 2.50 bits per heavy atom. The predicted molar refractivity (Wildman–Crippen MR) is 45.2 cm³/mol. The maximum absolute atomic E-state index is 9.09. The molecule has 0 spiro atoms. The second-order valence-corrected chi connectivity index (χ2v) is 3.07. The van der Waals surface area contributed by atoms with Crippen molar-refractivity contribution in [2.45, 2.75) is 18.3 Å². The van der Waals surface area contributed by atoms with E-state index in [1.807, 2.05) is 12.3 Å². The first-order chi connectivity index (χ1) is 4.72. The van der Waals surface area contributed by atoms with Crippen LogP contribution < -0.4 is 0 Å². The molecule has 60 valence electrons. The van der Waals surface area contributed by atoms with Gasteiger partial charge in [-0.1, -0.05) is 12.2 Å². The van der Waals surface area contributed by atoms with Crippen LogP contribution in [-0.4, -0.2) is 34.4 Å². The van der Waals surface area contributed by atoms with Gasteiger partial charge in [0, 0.05) is 5.25 Å². The highest BCUT2D eigenvalue weighted by Gasteiger charge is 2.07. The molecule has 0 rings (SSSR count). The molecule has 0 saturated carbocycles. The molecule has 0 aromatic heterocycles. The first kappa shape index (κ1) is 10.0. The van der Waals surface area contributed by atoms with Crippen molar-refractivity contribution in [2.24, 2.45) is 0 Å². The smallest absolute Gasteiger partial charge is 0.0665 e. The quantitative estimate of drug-likeness (QED) is 0.596. The standard InChI is InChI=1S/C7H14O2S/c1-6(9)7(10-2)4-3-5-8/h3-4,6-9H,5H2,1-2H3/b4-3+/t6-,7+/m1/s1. The van der Waals surface area contributed by atoms with Crippen molar-refractivity contribution < 1.29 is 10.2 Å². The molecule has 10 heavy (non-hydrogen) atoms. The summed E-state index contributed by atoms with van der Waals surface area (Å²) in [6.07, 6.45) is 5.04. The van der Waals surface area contributed by atoms with Crippen LogP contribution in [0.2, 0.25) is 0 Å². The molecule has 0 aromatic carbocycles. The summed E-state index contributed by atoms with van der Waals surface area (Å²) in [5, 5.41) is 17.6. The number of hydrogen-bond acceptors (Lipinski definition) is 3. The molecule has 0 bridgehead atoms. The summed E-state index contributed by atoms with van der Waals surface area (Å²) >= 11 is 1.57. The van der Waals surface area contributed by atoms with Gasteiger partial charge in [-0.05, 0) is 13.2 Å². The Labute approximate surface area is 66.0 Å². The molecule has 0 fully saturated rings. The van der Waals surface area contributed by atoms with Gasteiger partial charge in [0.1, 0.15) is 0 Å². The zero-order chi connectivity index (χ0) is 7.98. The Kier molecular flexibility index (Phi) is 5.78. The van der Waals surface area contributed by atoms with Crippen molar-refractivity contribution in [1.82, 2.24) is 0 Å². The lowest BCUT2D eigenvalue weighted by Crippen LogP contribution is -2.16. The van der Waals surface area contributed by atoms with E-state index in [0.717, 1.165) is 0 Å². The Bertz CT molecular complexity index is 102. The topological polar surface area (TPSA) is 40.5 Å². The summed E-state index contributed by atoms with van der Waals surface area (Å²) in [4.78, 5) is 0. The summed E-state index contributed by atoms with van der Waals surface area (Å²) in [5.74, 6) is 0. The van der Waals surface area contributed by atoms with E-state index in [1.54, 1.807) is 24.8 Å². The Morgan fingerprint density at radius 2 is 2.20 bits per heavy atom. The summed E-state index contributed by atoms with van der Waals surface area (Å²) in [6, 6.07) is 0. The van der Waals surface area contributed by atoms with Crippen molar-refractivity contribution >= 4 is 11.8 Å². The SMILES string of the molecule is CS[C@@H](/C=C/CO)[C@@H](C)O. The van der Waals surface area contributed by atoms with Crippen LogP contribution in [0.5, 0.6) is 0 Å². The van der Waals surface area contributed by atoms with Crippen molar-refractivity contribution in [2.75, 3.05) is 12.9 Å². The molecular formula is C7H14O2S. The molecule has 2 nitrogen and oxygen atoms in total. The number of aliphatic hydroxyl groups is 2. The first-order valence-electron chi connectivity index (χ1n) is 3.20. The molecular weight excluding hydrogens is 148 g/mol. The lowest BCUT2D eigenvalue weighted by Gasteiger charge is -2.11. The van der Waals surface area contributed by atoms with Gasteiger partial charge in [-0.25, -0.2) is 0 Å². The minimum atomic E-state index is -0.349. The number of hydrogen-bond donors (Lipinski definition) is 2. The molecule has 0 aromatic rings. The summed E-state index contributed by atoms with van der Waals surface area (Å²) in [7, 11) is 0. The van der Waals surface area contributed by atoms with E-state index in [-0.39, 0.29) is 18.0 Å². The van der Waals surface area contributed by atoms with Gasteiger partial charge in [0.25, 0.3) is 0 Å². The van der Waals surface area contributed by atoms with Crippen LogP contribution in [0.15, 0.2) is 12.2 Å². The van der Waals surface area contributed by atoms with Gasteiger partial charge in [-0.2, -0.15) is 11.8 Å². The van der Waals surface area contributed by atoms with Crippen molar-refractivity contribution in [3.8, 4) is 0 Å². The second-order valence-electron chi connectivity index (χ2n) is 2.05. The number of rotatable bonds is 4. The second kappa shape index (κ2) is 5.77. The van der Waals surface area contributed by atoms with E-state index in [2.05, 4.69) is 0 Å². The minimum Gasteiger partial charge on any atom is -0.392 e. The largest absolute Gasteiger partial charge is 0.392 e. The summed E-state index contributed by atoms with van der Waals surface area (Å²) < 4.78 is 0. The van der Waals surface area contributed by atoms with Crippen LogP contribution in [0, 0.1) is 0 Å². The third-order valence-electron chi connectivity index (χ3n) is 1.18. The average Bonchev–Trinajstić information content (AvgIpc) is 1.89. The first-order valence-corrected chi connectivity index (χ1v) is 4.49. The van der Waals surface area contributed by atoms with Crippen molar-refractivity contribution in [3.63, 3.8) is 0 Å². The number of thioether (sulfide) groups is 1. The Hall–Kier alpha value is 0.01000. The van der Waals surface area contributed by atoms with E-state index in [4.69, 9.17) is 10.2 Å². The summed E-state index contributed by atoms with van der Waals surface area (Å²) in [5.41, 5.74) is 0. The van der Waals surface area contributed by atoms with Crippen LogP contribution in [-0.2, 0) is 0 Å².